The molecule has 2 amide bonds. The molecule has 3 aromatic rings. The maximum absolute atomic E-state index is 13.0. The zero-order chi connectivity index (χ0) is 21.9. The Morgan fingerprint density at radius 1 is 0.812 bits per heavy atom. The summed E-state index contributed by atoms with van der Waals surface area (Å²) in [4.78, 5) is 31.4. The van der Waals surface area contributed by atoms with E-state index in [1.54, 1.807) is 4.90 Å². The summed E-state index contributed by atoms with van der Waals surface area (Å²) in [5.74, 6) is 0.700. The van der Waals surface area contributed by atoms with E-state index in [4.69, 9.17) is 4.74 Å². The maximum atomic E-state index is 13.0. The predicted molar refractivity (Wildman–Crippen MR) is 124 cm³/mol. The molecule has 0 unspecified atom stereocenters. The molecule has 0 atom stereocenters. The van der Waals surface area contributed by atoms with Gasteiger partial charge >= 0.3 is 0 Å². The Labute approximate surface area is 187 Å². The van der Waals surface area contributed by atoms with Crippen molar-refractivity contribution in [2.45, 2.75) is 6.54 Å². The number of nitrogens with zero attached hydrogens (tertiary/aromatic N) is 3. The van der Waals surface area contributed by atoms with Crippen LogP contribution in [0, 0.1) is 0 Å². The Morgan fingerprint density at radius 2 is 1.50 bits per heavy atom. The number of ether oxygens (including phenoxy) is 1. The Kier molecular flexibility index (Phi) is 5.50. The fraction of sp³-hybridized carbons (Fsp3) is 0.231. The summed E-state index contributed by atoms with van der Waals surface area (Å²) in [6.07, 6.45) is 0. The number of carbonyl (C=O) groups is 2. The van der Waals surface area contributed by atoms with Crippen LogP contribution in [-0.2, 0) is 11.3 Å². The molecule has 0 N–H and O–H groups in total. The molecule has 1 saturated heterocycles. The van der Waals surface area contributed by atoms with Crippen molar-refractivity contribution in [3.8, 4) is 5.75 Å². The second kappa shape index (κ2) is 8.75. The number of fused-ring (bicyclic) bond motifs is 1. The van der Waals surface area contributed by atoms with Crippen LogP contribution in [0.1, 0.15) is 15.9 Å². The number of benzene rings is 3. The molecular weight excluding hydrogens is 402 g/mol. The molecule has 0 saturated carbocycles. The van der Waals surface area contributed by atoms with Crippen molar-refractivity contribution in [2.75, 3.05) is 42.6 Å². The van der Waals surface area contributed by atoms with Crippen molar-refractivity contribution >= 4 is 23.2 Å². The van der Waals surface area contributed by atoms with E-state index in [0.29, 0.717) is 30.9 Å². The molecule has 5 rings (SSSR count). The van der Waals surface area contributed by atoms with E-state index >= 15 is 0 Å². The highest BCUT2D eigenvalue weighted by atomic mass is 16.5. The van der Waals surface area contributed by atoms with Gasteiger partial charge in [-0.3, -0.25) is 9.59 Å². The van der Waals surface area contributed by atoms with E-state index in [1.165, 1.54) is 5.69 Å². The lowest BCUT2D eigenvalue weighted by atomic mass is 10.1. The molecule has 2 heterocycles. The van der Waals surface area contributed by atoms with Crippen LogP contribution in [0.25, 0.3) is 0 Å². The Hall–Kier alpha value is -3.80. The summed E-state index contributed by atoms with van der Waals surface area (Å²) in [6.45, 7) is 3.55. The highest BCUT2D eigenvalue weighted by Gasteiger charge is 2.26. The number of hydrogen-bond donors (Lipinski definition) is 0. The maximum Gasteiger partial charge on any atom is 0.265 e. The van der Waals surface area contributed by atoms with Gasteiger partial charge in [-0.1, -0.05) is 42.5 Å². The Morgan fingerprint density at radius 3 is 2.25 bits per heavy atom. The van der Waals surface area contributed by atoms with Gasteiger partial charge in [-0.15, -0.1) is 0 Å². The Bertz CT molecular complexity index is 1110. The first-order valence-corrected chi connectivity index (χ1v) is 10.9. The van der Waals surface area contributed by atoms with Gasteiger partial charge in [0.2, 0.25) is 0 Å². The first-order chi connectivity index (χ1) is 15.7. The molecule has 6 nitrogen and oxygen atoms in total. The number of carbonyl (C=O) groups excluding carboxylic acids is 2. The van der Waals surface area contributed by atoms with Crippen LogP contribution in [0.5, 0.6) is 5.75 Å². The fourth-order valence-electron chi connectivity index (χ4n) is 4.25. The topological polar surface area (TPSA) is 53.1 Å². The number of amides is 2. The van der Waals surface area contributed by atoms with Crippen LogP contribution < -0.4 is 14.5 Å². The summed E-state index contributed by atoms with van der Waals surface area (Å²) in [5.41, 5.74) is 3.62. The summed E-state index contributed by atoms with van der Waals surface area (Å²) in [6, 6.07) is 25.4. The van der Waals surface area contributed by atoms with Gasteiger partial charge < -0.3 is 19.4 Å². The predicted octanol–water partition coefficient (Wildman–Crippen LogP) is 3.57. The minimum Gasteiger partial charge on any atom is -0.482 e. The summed E-state index contributed by atoms with van der Waals surface area (Å²) >= 11 is 0. The molecular formula is C26H25N3O3. The van der Waals surface area contributed by atoms with Crippen molar-refractivity contribution in [3.05, 3.63) is 90.0 Å². The minimum absolute atomic E-state index is 0.0442. The van der Waals surface area contributed by atoms with Crippen LogP contribution in [0.15, 0.2) is 78.9 Å². The van der Waals surface area contributed by atoms with Gasteiger partial charge in [0.15, 0.2) is 6.61 Å². The smallest absolute Gasteiger partial charge is 0.265 e. The third-order valence-corrected chi connectivity index (χ3v) is 6.04. The lowest BCUT2D eigenvalue weighted by Crippen LogP contribution is -2.48. The molecule has 0 radical (unpaired) electrons. The largest absolute Gasteiger partial charge is 0.482 e. The van der Waals surface area contributed by atoms with Crippen molar-refractivity contribution in [3.63, 3.8) is 0 Å². The quantitative estimate of drug-likeness (QED) is 0.639. The summed E-state index contributed by atoms with van der Waals surface area (Å²) < 4.78 is 5.51. The molecule has 1 fully saturated rings. The lowest BCUT2D eigenvalue weighted by molar-refractivity contribution is -0.121. The second-order valence-corrected chi connectivity index (χ2v) is 8.05. The minimum atomic E-state index is -0.0693. The van der Waals surface area contributed by atoms with E-state index in [0.717, 1.165) is 24.3 Å². The average Bonchev–Trinajstić information content (AvgIpc) is 2.86. The molecule has 2 aliphatic rings. The van der Waals surface area contributed by atoms with Gasteiger partial charge in [-0.25, -0.2) is 0 Å². The molecule has 0 aromatic heterocycles. The zero-order valence-corrected chi connectivity index (χ0v) is 17.8. The first-order valence-electron chi connectivity index (χ1n) is 10.9. The van der Waals surface area contributed by atoms with E-state index in [-0.39, 0.29) is 18.4 Å². The van der Waals surface area contributed by atoms with Crippen LogP contribution >= 0.6 is 0 Å². The van der Waals surface area contributed by atoms with Crippen LogP contribution in [0.4, 0.5) is 11.4 Å². The molecule has 0 bridgehead atoms. The number of rotatable bonds is 4. The molecule has 0 aliphatic carbocycles. The highest BCUT2D eigenvalue weighted by molar-refractivity contribution is 5.98. The van der Waals surface area contributed by atoms with Gasteiger partial charge in [0.25, 0.3) is 11.8 Å². The number of para-hydroxylation sites is 3. The molecule has 2 aliphatic heterocycles. The van der Waals surface area contributed by atoms with Crippen molar-refractivity contribution in [1.29, 1.82) is 0 Å². The number of piperazine rings is 1. The van der Waals surface area contributed by atoms with E-state index in [2.05, 4.69) is 17.0 Å². The molecule has 0 spiro atoms. The molecule has 162 valence electrons. The van der Waals surface area contributed by atoms with Crippen molar-refractivity contribution in [1.82, 2.24) is 4.90 Å². The van der Waals surface area contributed by atoms with Gasteiger partial charge in [-0.05, 0) is 42.0 Å². The standard InChI is InChI=1S/C26H25N3O3/c30-25-19-32-24-9-5-4-8-23(24)29(25)18-20-10-12-21(13-11-20)26(31)28-16-14-27(15-17-28)22-6-2-1-3-7-22/h1-13H,14-19H2. The van der Waals surface area contributed by atoms with Gasteiger partial charge in [0, 0.05) is 37.4 Å². The van der Waals surface area contributed by atoms with Gasteiger partial charge in [0.05, 0.1) is 12.2 Å². The van der Waals surface area contributed by atoms with Crippen LogP contribution in [0.3, 0.4) is 0 Å². The fourth-order valence-corrected chi connectivity index (χ4v) is 4.25. The monoisotopic (exact) mass is 427 g/mol. The van der Waals surface area contributed by atoms with Crippen molar-refractivity contribution < 1.29 is 14.3 Å². The first kappa shape index (κ1) is 20.1. The number of anilines is 2. The molecule has 32 heavy (non-hydrogen) atoms. The summed E-state index contributed by atoms with van der Waals surface area (Å²) in [7, 11) is 0. The van der Waals surface area contributed by atoms with Crippen molar-refractivity contribution in [2.24, 2.45) is 0 Å². The third-order valence-electron chi connectivity index (χ3n) is 6.04. The SMILES string of the molecule is O=C(c1ccc(CN2C(=O)COc3ccccc32)cc1)N1CCN(c2ccccc2)CC1. The Balaban J connectivity index is 1.23. The highest BCUT2D eigenvalue weighted by Crippen LogP contribution is 2.32. The zero-order valence-electron chi connectivity index (χ0n) is 17.8. The van der Waals surface area contributed by atoms with Gasteiger partial charge in [0.1, 0.15) is 5.75 Å². The second-order valence-electron chi connectivity index (χ2n) is 8.05. The normalized spacial score (nSPS) is 15.9. The van der Waals surface area contributed by atoms with E-state index < -0.39 is 0 Å². The average molecular weight is 428 g/mol. The molecule has 3 aromatic carbocycles. The van der Waals surface area contributed by atoms with Crippen LogP contribution in [-0.4, -0.2) is 49.5 Å². The van der Waals surface area contributed by atoms with E-state index in [9.17, 15) is 9.59 Å². The lowest BCUT2D eigenvalue weighted by Gasteiger charge is -2.36. The third kappa shape index (κ3) is 4.04. The number of hydrogen-bond acceptors (Lipinski definition) is 4. The van der Waals surface area contributed by atoms with Crippen LogP contribution in [0.2, 0.25) is 0 Å². The van der Waals surface area contributed by atoms with E-state index in [1.807, 2.05) is 71.6 Å². The molecule has 6 heteroatoms. The summed E-state index contributed by atoms with van der Waals surface area (Å²) in [5, 5.41) is 0. The van der Waals surface area contributed by atoms with Gasteiger partial charge in [-0.2, -0.15) is 0 Å².